The van der Waals surface area contributed by atoms with Crippen LogP contribution in [-0.2, 0) is 11.2 Å². The van der Waals surface area contributed by atoms with Crippen molar-refractivity contribution in [3.63, 3.8) is 0 Å². The minimum atomic E-state index is 0.0241. The molecule has 0 spiro atoms. The summed E-state index contributed by atoms with van der Waals surface area (Å²) in [6, 6.07) is 14.0. The van der Waals surface area contributed by atoms with E-state index in [2.05, 4.69) is 29.6 Å². The lowest BCUT2D eigenvalue weighted by Crippen LogP contribution is -2.25. The Balaban J connectivity index is 1.75. The standard InChI is InChI=1S/C23H23Cl2N3OS2/c1-4-29-18-11-13-7-5-6-8-15(13)19(18)26-21-23(31-3)27-20(22(28-21)30-2)16-10-9-14(24)12-17(16)25/h5-10,12,18-19H,4,11H2,1-3H3,(H,26,28)/t18-,19+/m0/s1. The van der Waals surface area contributed by atoms with Crippen LogP contribution < -0.4 is 5.32 Å². The summed E-state index contributed by atoms with van der Waals surface area (Å²) in [6.07, 6.45) is 4.94. The molecular formula is C23H23Cl2N3OS2. The molecular weight excluding hydrogens is 469 g/mol. The summed E-state index contributed by atoms with van der Waals surface area (Å²) in [5, 5.41) is 6.42. The predicted molar refractivity (Wildman–Crippen MR) is 133 cm³/mol. The number of fused-ring (bicyclic) bond motifs is 1. The maximum absolute atomic E-state index is 6.48. The largest absolute Gasteiger partial charge is 0.376 e. The maximum Gasteiger partial charge on any atom is 0.160 e. The van der Waals surface area contributed by atoms with Crippen molar-refractivity contribution in [3.05, 3.63) is 63.6 Å². The van der Waals surface area contributed by atoms with Crippen LogP contribution in [0.3, 0.4) is 0 Å². The van der Waals surface area contributed by atoms with Gasteiger partial charge in [0.25, 0.3) is 0 Å². The van der Waals surface area contributed by atoms with E-state index in [-0.39, 0.29) is 12.1 Å². The lowest BCUT2D eigenvalue weighted by Gasteiger charge is -2.24. The Hall–Kier alpha value is -1.44. The Labute approximate surface area is 201 Å². The number of halogens is 2. The van der Waals surface area contributed by atoms with Crippen molar-refractivity contribution in [2.24, 2.45) is 0 Å². The fourth-order valence-electron chi connectivity index (χ4n) is 3.89. The van der Waals surface area contributed by atoms with Gasteiger partial charge in [-0.25, -0.2) is 9.97 Å². The lowest BCUT2D eigenvalue weighted by atomic mass is 10.1. The predicted octanol–water partition coefficient (Wildman–Crippen LogP) is 7.01. The molecule has 1 heterocycles. The zero-order valence-corrected chi connectivity index (χ0v) is 20.6. The fourth-order valence-corrected chi connectivity index (χ4v) is 5.40. The van der Waals surface area contributed by atoms with Crippen molar-refractivity contribution < 1.29 is 4.74 Å². The number of hydrogen-bond acceptors (Lipinski definition) is 6. The first-order chi connectivity index (χ1) is 15.0. The minimum absolute atomic E-state index is 0.0241. The molecule has 1 aromatic heterocycles. The molecule has 2 aromatic carbocycles. The number of thioether (sulfide) groups is 2. The van der Waals surface area contributed by atoms with Crippen LogP contribution in [0.4, 0.5) is 5.82 Å². The number of anilines is 1. The van der Waals surface area contributed by atoms with E-state index in [1.54, 1.807) is 29.6 Å². The second-order valence-electron chi connectivity index (χ2n) is 7.08. The van der Waals surface area contributed by atoms with Crippen molar-refractivity contribution in [3.8, 4) is 11.3 Å². The van der Waals surface area contributed by atoms with Crippen LogP contribution in [0, 0.1) is 0 Å². The van der Waals surface area contributed by atoms with Gasteiger partial charge in [-0.2, -0.15) is 0 Å². The van der Waals surface area contributed by atoms with Crippen molar-refractivity contribution in [2.75, 3.05) is 24.4 Å². The molecule has 1 aliphatic carbocycles. The van der Waals surface area contributed by atoms with E-state index < -0.39 is 0 Å². The van der Waals surface area contributed by atoms with E-state index in [0.29, 0.717) is 16.7 Å². The summed E-state index contributed by atoms with van der Waals surface area (Å²) in [6.45, 7) is 2.70. The Morgan fingerprint density at radius 2 is 1.84 bits per heavy atom. The zero-order chi connectivity index (χ0) is 22.0. The molecule has 0 amide bonds. The van der Waals surface area contributed by atoms with Crippen molar-refractivity contribution in [1.29, 1.82) is 0 Å². The minimum Gasteiger partial charge on any atom is -0.376 e. The molecule has 0 radical (unpaired) electrons. The summed E-state index contributed by atoms with van der Waals surface area (Å²) in [4.78, 5) is 9.89. The summed E-state index contributed by atoms with van der Waals surface area (Å²) in [5.41, 5.74) is 4.15. The second kappa shape index (κ2) is 10.0. The molecule has 2 atom stereocenters. The first-order valence-electron chi connectivity index (χ1n) is 9.97. The summed E-state index contributed by atoms with van der Waals surface area (Å²) in [5.74, 6) is 0.761. The van der Waals surface area contributed by atoms with Crippen LogP contribution in [-0.4, -0.2) is 35.2 Å². The number of aromatic nitrogens is 2. The van der Waals surface area contributed by atoms with Crippen LogP contribution in [0.2, 0.25) is 10.0 Å². The highest BCUT2D eigenvalue weighted by Crippen LogP contribution is 2.40. The molecule has 1 aliphatic rings. The van der Waals surface area contributed by atoms with Gasteiger partial charge in [-0.15, -0.1) is 23.5 Å². The Bertz CT molecular complexity index is 1100. The number of rotatable bonds is 7. The zero-order valence-electron chi connectivity index (χ0n) is 17.5. The Kier molecular flexibility index (Phi) is 7.34. The topological polar surface area (TPSA) is 47.0 Å². The number of nitrogens with zero attached hydrogens (tertiary/aromatic N) is 2. The van der Waals surface area contributed by atoms with Gasteiger partial charge in [0.15, 0.2) is 5.82 Å². The third-order valence-electron chi connectivity index (χ3n) is 5.26. The number of benzene rings is 2. The summed E-state index contributed by atoms with van der Waals surface area (Å²) >= 11 is 15.7. The Morgan fingerprint density at radius 3 is 2.55 bits per heavy atom. The van der Waals surface area contributed by atoms with E-state index in [0.717, 1.165) is 33.5 Å². The first kappa shape index (κ1) is 22.7. The molecule has 1 N–H and O–H groups in total. The maximum atomic E-state index is 6.48. The monoisotopic (exact) mass is 491 g/mol. The Morgan fingerprint density at radius 1 is 1.06 bits per heavy atom. The lowest BCUT2D eigenvalue weighted by molar-refractivity contribution is 0.0572. The van der Waals surface area contributed by atoms with E-state index >= 15 is 0 Å². The SMILES string of the molecule is CCO[C@H]1Cc2ccccc2[C@H]1Nc1nc(SC)c(-c2ccc(Cl)cc2Cl)nc1SC. The second-order valence-corrected chi connectivity index (χ2v) is 9.52. The number of ether oxygens (including phenoxy) is 1. The molecule has 31 heavy (non-hydrogen) atoms. The molecule has 0 saturated carbocycles. The van der Waals surface area contributed by atoms with Gasteiger partial charge in [0.05, 0.1) is 17.2 Å². The van der Waals surface area contributed by atoms with E-state index in [1.807, 2.05) is 31.6 Å². The van der Waals surface area contributed by atoms with E-state index in [1.165, 1.54) is 11.1 Å². The molecule has 4 rings (SSSR count). The third-order valence-corrected chi connectivity index (χ3v) is 7.15. The van der Waals surface area contributed by atoms with E-state index in [9.17, 15) is 0 Å². The van der Waals surface area contributed by atoms with Gasteiger partial charge in [-0.1, -0.05) is 47.5 Å². The molecule has 3 aromatic rings. The molecule has 8 heteroatoms. The smallest absolute Gasteiger partial charge is 0.160 e. The highest BCUT2D eigenvalue weighted by Gasteiger charge is 2.34. The van der Waals surface area contributed by atoms with Crippen molar-refractivity contribution in [2.45, 2.75) is 35.5 Å². The van der Waals surface area contributed by atoms with Crippen molar-refractivity contribution >= 4 is 52.5 Å². The van der Waals surface area contributed by atoms with Gasteiger partial charge in [0.2, 0.25) is 0 Å². The third kappa shape index (κ3) is 4.69. The quantitative estimate of drug-likeness (QED) is 0.358. The highest BCUT2D eigenvalue weighted by molar-refractivity contribution is 7.99. The van der Waals surface area contributed by atoms with Gasteiger partial charge >= 0.3 is 0 Å². The molecule has 0 bridgehead atoms. The van der Waals surface area contributed by atoms with Gasteiger partial charge in [0.1, 0.15) is 15.7 Å². The average Bonchev–Trinajstić information content (AvgIpc) is 3.11. The van der Waals surface area contributed by atoms with E-state index in [4.69, 9.17) is 37.9 Å². The average molecular weight is 492 g/mol. The summed E-state index contributed by atoms with van der Waals surface area (Å²) < 4.78 is 6.07. The first-order valence-corrected chi connectivity index (χ1v) is 13.2. The van der Waals surface area contributed by atoms with Crippen LogP contribution in [0.5, 0.6) is 0 Å². The van der Waals surface area contributed by atoms with Gasteiger partial charge in [-0.3, -0.25) is 0 Å². The molecule has 0 unspecified atom stereocenters. The molecule has 162 valence electrons. The number of nitrogens with one attached hydrogen (secondary N) is 1. The summed E-state index contributed by atoms with van der Waals surface area (Å²) in [7, 11) is 0. The van der Waals surface area contributed by atoms with Gasteiger partial charge < -0.3 is 10.1 Å². The molecule has 4 nitrogen and oxygen atoms in total. The van der Waals surface area contributed by atoms with Gasteiger partial charge in [-0.05, 0) is 48.8 Å². The van der Waals surface area contributed by atoms with Crippen LogP contribution in [0.1, 0.15) is 24.1 Å². The molecule has 0 aliphatic heterocycles. The highest BCUT2D eigenvalue weighted by atomic mass is 35.5. The number of hydrogen-bond donors (Lipinski definition) is 1. The normalized spacial score (nSPS) is 17.6. The van der Waals surface area contributed by atoms with Crippen molar-refractivity contribution in [1.82, 2.24) is 9.97 Å². The molecule has 0 fully saturated rings. The van der Waals surface area contributed by atoms with Crippen LogP contribution >= 0.6 is 46.7 Å². The fraction of sp³-hybridized carbons (Fsp3) is 0.304. The van der Waals surface area contributed by atoms with Crippen LogP contribution in [0.25, 0.3) is 11.3 Å². The van der Waals surface area contributed by atoms with Gasteiger partial charge in [0, 0.05) is 23.6 Å². The van der Waals surface area contributed by atoms with Crippen LogP contribution in [0.15, 0.2) is 52.5 Å². The molecule has 0 saturated heterocycles.